The van der Waals surface area contributed by atoms with Crippen LogP contribution in [0.4, 0.5) is 0 Å². The minimum absolute atomic E-state index is 0. The molecule has 42 valence electrons. The van der Waals surface area contributed by atoms with Crippen molar-refractivity contribution in [1.82, 2.24) is 5.32 Å². The van der Waals surface area contributed by atoms with E-state index in [1.54, 1.807) is 0 Å². The molecule has 0 aromatic heterocycles. The summed E-state index contributed by atoms with van der Waals surface area (Å²) < 4.78 is 0. The van der Waals surface area contributed by atoms with E-state index < -0.39 is 0 Å². The van der Waals surface area contributed by atoms with E-state index in [-0.39, 0.29) is 12.4 Å². The molecule has 1 rings (SSSR count). The molecule has 0 amide bonds. The Morgan fingerprint density at radius 3 is 2.57 bits per heavy atom. The van der Waals surface area contributed by atoms with Crippen molar-refractivity contribution in [3.8, 4) is 0 Å². The molecule has 0 radical (unpaired) electrons. The van der Waals surface area contributed by atoms with Gasteiger partial charge in [0, 0.05) is 12.8 Å². The molecule has 0 saturated heterocycles. The van der Waals surface area contributed by atoms with Gasteiger partial charge in [-0.2, -0.15) is 0 Å². The Balaban J connectivity index is 0.000000360. The summed E-state index contributed by atoms with van der Waals surface area (Å²) in [6, 6.07) is 0. The first kappa shape index (κ1) is 6.92. The summed E-state index contributed by atoms with van der Waals surface area (Å²) in [6.45, 7) is 1.92. The molecule has 0 aliphatic carbocycles. The van der Waals surface area contributed by atoms with Gasteiger partial charge in [-0.05, 0) is 6.42 Å². The van der Waals surface area contributed by atoms with Crippen molar-refractivity contribution in [2.24, 2.45) is 4.99 Å². The highest BCUT2D eigenvalue weighted by Gasteiger charge is 1.85. The van der Waals surface area contributed by atoms with E-state index in [0.717, 1.165) is 19.6 Å². The van der Waals surface area contributed by atoms with Crippen molar-refractivity contribution in [3.05, 3.63) is 0 Å². The molecule has 1 N–H and O–H groups in total. The number of hydrogen-bond acceptors (Lipinski definition) is 2. The third-order valence-corrected chi connectivity index (χ3v) is 0.782. The van der Waals surface area contributed by atoms with Crippen molar-refractivity contribution >= 4 is 18.6 Å². The van der Waals surface area contributed by atoms with Gasteiger partial charge in [-0.1, -0.05) is 0 Å². The third kappa shape index (κ3) is 2.60. The van der Waals surface area contributed by atoms with Crippen LogP contribution >= 0.6 is 12.4 Å². The zero-order valence-electron chi connectivity index (χ0n) is 4.05. The number of aliphatic imine (C=N–C) groups is 1. The number of nitrogens with zero attached hydrogens (tertiary/aromatic N) is 1. The highest BCUT2D eigenvalue weighted by molar-refractivity contribution is 5.85. The molecular weight excluding hydrogens is 112 g/mol. The number of rotatable bonds is 0. The topological polar surface area (TPSA) is 24.4 Å². The molecule has 1 heterocycles. The number of hydrogen-bond donors (Lipinski definition) is 1. The van der Waals surface area contributed by atoms with Gasteiger partial charge in [0.1, 0.15) is 0 Å². The maximum absolute atomic E-state index is 3.94. The van der Waals surface area contributed by atoms with Crippen LogP contribution < -0.4 is 5.32 Å². The van der Waals surface area contributed by atoms with Crippen molar-refractivity contribution in [1.29, 1.82) is 0 Å². The van der Waals surface area contributed by atoms with Gasteiger partial charge in [-0.15, -0.1) is 12.4 Å². The van der Waals surface area contributed by atoms with Crippen LogP contribution in [0.2, 0.25) is 0 Å². The van der Waals surface area contributed by atoms with E-state index in [4.69, 9.17) is 0 Å². The average Bonchev–Trinajstić information content (AvgIpc) is 1.72. The van der Waals surface area contributed by atoms with Crippen LogP contribution in [0.1, 0.15) is 6.42 Å². The van der Waals surface area contributed by atoms with E-state index in [0.29, 0.717) is 0 Å². The Morgan fingerprint density at radius 1 is 1.57 bits per heavy atom. The SMILES string of the molecule is C1=NCNCC1.Cl. The average molecular weight is 121 g/mol. The standard InChI is InChI=1S/C4H8N2.ClH/c1-2-5-4-6-3-1;/h2,6H,1,3-4H2;1H. The van der Waals surface area contributed by atoms with Crippen LogP contribution in [-0.4, -0.2) is 19.4 Å². The van der Waals surface area contributed by atoms with Crippen LogP contribution in [-0.2, 0) is 0 Å². The second kappa shape index (κ2) is 4.09. The molecule has 0 unspecified atom stereocenters. The van der Waals surface area contributed by atoms with Gasteiger partial charge in [0.2, 0.25) is 0 Å². The fourth-order valence-electron chi connectivity index (χ4n) is 0.466. The lowest BCUT2D eigenvalue weighted by atomic mass is 10.4. The molecule has 0 bridgehead atoms. The summed E-state index contributed by atoms with van der Waals surface area (Å²) in [6.07, 6.45) is 3.05. The van der Waals surface area contributed by atoms with Crippen molar-refractivity contribution < 1.29 is 0 Å². The van der Waals surface area contributed by atoms with E-state index in [9.17, 15) is 0 Å². The normalized spacial score (nSPS) is 18.3. The van der Waals surface area contributed by atoms with E-state index in [2.05, 4.69) is 10.3 Å². The molecule has 2 nitrogen and oxygen atoms in total. The zero-order chi connectivity index (χ0) is 4.24. The zero-order valence-corrected chi connectivity index (χ0v) is 4.87. The van der Waals surface area contributed by atoms with Gasteiger partial charge < -0.3 is 0 Å². The Kier molecular flexibility index (Phi) is 4.04. The molecule has 0 aromatic rings. The minimum atomic E-state index is 0. The second-order valence-electron chi connectivity index (χ2n) is 1.31. The lowest BCUT2D eigenvalue weighted by Crippen LogP contribution is -2.19. The molecular formula is C4H9ClN2. The Morgan fingerprint density at radius 2 is 2.43 bits per heavy atom. The lowest BCUT2D eigenvalue weighted by molar-refractivity contribution is 0.699. The van der Waals surface area contributed by atoms with E-state index in [1.807, 2.05) is 6.21 Å². The molecule has 0 spiro atoms. The summed E-state index contributed by atoms with van der Waals surface area (Å²) in [5, 5.41) is 3.09. The van der Waals surface area contributed by atoms with Crippen LogP contribution in [0.15, 0.2) is 4.99 Å². The first-order valence-corrected chi connectivity index (χ1v) is 2.19. The van der Waals surface area contributed by atoms with Gasteiger partial charge in [0.15, 0.2) is 0 Å². The van der Waals surface area contributed by atoms with Crippen molar-refractivity contribution in [2.75, 3.05) is 13.2 Å². The second-order valence-corrected chi connectivity index (χ2v) is 1.31. The highest BCUT2D eigenvalue weighted by Crippen LogP contribution is 1.76. The smallest absolute Gasteiger partial charge is 0.0880 e. The summed E-state index contributed by atoms with van der Waals surface area (Å²) >= 11 is 0. The minimum Gasteiger partial charge on any atom is -0.298 e. The third-order valence-electron chi connectivity index (χ3n) is 0.782. The van der Waals surface area contributed by atoms with Crippen LogP contribution in [0.3, 0.4) is 0 Å². The lowest BCUT2D eigenvalue weighted by Gasteiger charge is -2.01. The maximum Gasteiger partial charge on any atom is 0.0880 e. The largest absolute Gasteiger partial charge is 0.298 e. The van der Waals surface area contributed by atoms with Gasteiger partial charge in [0.25, 0.3) is 0 Å². The molecule has 0 saturated carbocycles. The Bertz CT molecular complexity index is 54.7. The van der Waals surface area contributed by atoms with Gasteiger partial charge in [-0.3, -0.25) is 10.3 Å². The first-order chi connectivity index (χ1) is 3.00. The quantitative estimate of drug-likeness (QED) is 0.493. The molecule has 1 aliphatic heterocycles. The summed E-state index contributed by atoms with van der Waals surface area (Å²) in [5.41, 5.74) is 0. The summed E-state index contributed by atoms with van der Waals surface area (Å²) in [5.74, 6) is 0. The predicted octanol–water partition coefficient (Wildman–Crippen LogP) is 0.430. The fraction of sp³-hybridized carbons (Fsp3) is 0.750. The fourth-order valence-corrected chi connectivity index (χ4v) is 0.466. The maximum atomic E-state index is 3.94. The van der Waals surface area contributed by atoms with E-state index >= 15 is 0 Å². The number of nitrogens with one attached hydrogen (secondary N) is 1. The molecule has 0 atom stereocenters. The molecule has 0 fully saturated rings. The van der Waals surface area contributed by atoms with Crippen molar-refractivity contribution in [2.45, 2.75) is 6.42 Å². The highest BCUT2D eigenvalue weighted by atomic mass is 35.5. The van der Waals surface area contributed by atoms with Crippen LogP contribution in [0, 0.1) is 0 Å². The van der Waals surface area contributed by atoms with Gasteiger partial charge in [-0.25, -0.2) is 0 Å². The Hall–Kier alpha value is -0.0800. The summed E-state index contributed by atoms with van der Waals surface area (Å²) in [4.78, 5) is 3.94. The monoisotopic (exact) mass is 120 g/mol. The molecule has 1 aliphatic rings. The molecule has 0 aromatic carbocycles. The van der Waals surface area contributed by atoms with Crippen LogP contribution in [0.5, 0.6) is 0 Å². The first-order valence-electron chi connectivity index (χ1n) is 2.19. The molecule has 3 heteroatoms. The van der Waals surface area contributed by atoms with Crippen LogP contribution in [0.25, 0.3) is 0 Å². The summed E-state index contributed by atoms with van der Waals surface area (Å²) in [7, 11) is 0. The van der Waals surface area contributed by atoms with Gasteiger partial charge in [0.05, 0.1) is 6.67 Å². The molecule has 7 heavy (non-hydrogen) atoms. The Labute approximate surface area is 49.4 Å². The van der Waals surface area contributed by atoms with Gasteiger partial charge >= 0.3 is 0 Å². The predicted molar refractivity (Wildman–Crippen MR) is 33.2 cm³/mol. The van der Waals surface area contributed by atoms with Crippen molar-refractivity contribution in [3.63, 3.8) is 0 Å². The van der Waals surface area contributed by atoms with E-state index in [1.165, 1.54) is 0 Å². The number of halogens is 1.